The van der Waals surface area contributed by atoms with E-state index in [-0.39, 0.29) is 29.8 Å². The molecule has 0 unspecified atom stereocenters. The highest BCUT2D eigenvalue weighted by molar-refractivity contribution is 7.09. The third-order valence-electron chi connectivity index (χ3n) is 8.16. The van der Waals surface area contributed by atoms with Crippen LogP contribution in [0.25, 0.3) is 6.08 Å². The number of hydrogen-bond donors (Lipinski definition) is 2. The number of esters is 1. The number of thiazole rings is 1. The Labute approximate surface area is 217 Å². The molecule has 36 heavy (non-hydrogen) atoms. The maximum Gasteiger partial charge on any atom is 0.309 e. The van der Waals surface area contributed by atoms with Crippen LogP contribution in [-0.4, -0.2) is 52.0 Å². The van der Waals surface area contributed by atoms with Crippen LogP contribution in [0.4, 0.5) is 0 Å². The second kappa shape index (κ2) is 10.9. The molecule has 0 bridgehead atoms. The molecule has 202 valence electrons. The number of nitrogens with zero attached hydrogens (tertiary/aromatic N) is 1. The van der Waals surface area contributed by atoms with Crippen molar-refractivity contribution in [3.63, 3.8) is 0 Å². The summed E-state index contributed by atoms with van der Waals surface area (Å²) in [4.78, 5) is 26.2. The lowest BCUT2D eigenvalue weighted by Crippen LogP contribution is -2.45. The van der Waals surface area contributed by atoms with Crippen LogP contribution in [0.2, 0.25) is 0 Å². The first-order chi connectivity index (χ1) is 16.7. The van der Waals surface area contributed by atoms with E-state index in [1.165, 1.54) is 11.3 Å². The zero-order valence-electron chi connectivity index (χ0n) is 22.4. The quantitative estimate of drug-likeness (QED) is 0.262. The largest absolute Gasteiger partial charge is 0.617 e. The number of ether oxygens (including phenoxy) is 2. The third-order valence-corrected chi connectivity index (χ3v) is 9.03. The van der Waals surface area contributed by atoms with Gasteiger partial charge in [0, 0.05) is 25.3 Å². The minimum atomic E-state index is -1.27. The lowest BCUT2D eigenvalue weighted by atomic mass is 9.73. The number of epoxide rings is 1. The fourth-order valence-corrected chi connectivity index (χ4v) is 5.79. The number of aliphatic hydroxyl groups is 2. The number of fused-ring (bicyclic) bond motifs is 1. The maximum absolute atomic E-state index is 13.2. The zero-order chi connectivity index (χ0) is 27.0. The van der Waals surface area contributed by atoms with E-state index in [2.05, 4.69) is 0 Å². The number of carbonyl (C=O) groups is 2. The lowest BCUT2D eigenvalue weighted by Gasteiger charge is -2.34. The van der Waals surface area contributed by atoms with Crippen molar-refractivity contribution in [3.05, 3.63) is 26.9 Å². The Hall–Kier alpha value is -1.81. The van der Waals surface area contributed by atoms with Gasteiger partial charge in [0.05, 0.1) is 41.1 Å². The summed E-state index contributed by atoms with van der Waals surface area (Å²) in [6.07, 6.45) is 1.29. The smallest absolute Gasteiger partial charge is 0.309 e. The minimum absolute atomic E-state index is 0.0960. The van der Waals surface area contributed by atoms with Gasteiger partial charge in [-0.1, -0.05) is 45.5 Å². The molecule has 0 saturated carbocycles. The number of aromatic nitrogens is 1. The summed E-state index contributed by atoms with van der Waals surface area (Å²) in [6, 6.07) is 0. The summed E-state index contributed by atoms with van der Waals surface area (Å²) in [6.45, 7) is 12.4. The van der Waals surface area contributed by atoms with Crippen molar-refractivity contribution in [2.45, 2.75) is 111 Å². The normalized spacial score (nSPS) is 36.8. The van der Waals surface area contributed by atoms with Crippen molar-refractivity contribution < 1.29 is 34.0 Å². The molecule has 2 aliphatic rings. The van der Waals surface area contributed by atoms with Crippen molar-refractivity contribution >= 4 is 29.2 Å². The van der Waals surface area contributed by atoms with Gasteiger partial charge in [-0.25, -0.2) is 0 Å². The van der Waals surface area contributed by atoms with Gasteiger partial charge in [-0.05, 0) is 38.2 Å². The maximum atomic E-state index is 13.2. The predicted molar refractivity (Wildman–Crippen MR) is 137 cm³/mol. The van der Waals surface area contributed by atoms with Crippen LogP contribution in [-0.2, 0) is 19.1 Å². The molecular weight excluding hydrogens is 482 g/mol. The van der Waals surface area contributed by atoms with E-state index in [0.717, 1.165) is 24.0 Å². The zero-order valence-corrected chi connectivity index (χ0v) is 23.3. The molecule has 1 aromatic heterocycles. The van der Waals surface area contributed by atoms with Crippen molar-refractivity contribution in [2.75, 3.05) is 0 Å². The average molecular weight is 524 g/mol. The van der Waals surface area contributed by atoms with Gasteiger partial charge in [0.1, 0.15) is 11.9 Å². The van der Waals surface area contributed by atoms with Gasteiger partial charge >= 0.3 is 5.97 Å². The number of aryl methyl sites for hydroxylation is 1. The number of ketones is 1. The van der Waals surface area contributed by atoms with E-state index in [1.807, 2.05) is 20.8 Å². The molecule has 2 saturated heterocycles. The van der Waals surface area contributed by atoms with E-state index in [1.54, 1.807) is 39.2 Å². The first kappa shape index (κ1) is 28.8. The van der Waals surface area contributed by atoms with Crippen molar-refractivity contribution in [3.8, 4) is 0 Å². The molecule has 0 aromatic carbocycles. The summed E-state index contributed by atoms with van der Waals surface area (Å²) in [5.41, 5.74) is -0.407. The third kappa shape index (κ3) is 6.18. The van der Waals surface area contributed by atoms with Crippen molar-refractivity contribution in [1.82, 2.24) is 0 Å². The van der Waals surface area contributed by atoms with E-state index in [9.17, 15) is 25.0 Å². The molecule has 2 fully saturated rings. The Balaban J connectivity index is 1.88. The van der Waals surface area contributed by atoms with Crippen molar-refractivity contribution in [2.24, 2.45) is 17.3 Å². The molecule has 7 atom stereocenters. The summed E-state index contributed by atoms with van der Waals surface area (Å²) in [5, 5.41) is 36.4. The minimum Gasteiger partial charge on any atom is -0.617 e. The first-order valence-corrected chi connectivity index (χ1v) is 13.7. The molecule has 0 amide bonds. The topological polar surface area (TPSA) is 123 Å². The summed E-state index contributed by atoms with van der Waals surface area (Å²) < 4.78 is 12.7. The molecule has 0 radical (unpaired) electrons. The molecule has 2 N–H and O–H groups in total. The second-order valence-electron chi connectivity index (χ2n) is 11.5. The summed E-state index contributed by atoms with van der Waals surface area (Å²) >= 11 is 1.35. The van der Waals surface area contributed by atoms with Gasteiger partial charge in [0.25, 0.3) is 0 Å². The number of aliphatic hydroxyl groups excluding tert-OH is 2. The van der Waals surface area contributed by atoms with E-state index < -0.39 is 35.6 Å². The predicted octanol–water partition coefficient (Wildman–Crippen LogP) is 3.72. The molecule has 1 aromatic rings. The second-order valence-corrected chi connectivity index (χ2v) is 12.5. The molecule has 0 aliphatic carbocycles. The summed E-state index contributed by atoms with van der Waals surface area (Å²) in [5.74, 6) is -1.69. The number of Topliss-reactive ketones (excluding diaryl/α,β-unsaturated/α-hetero) is 1. The van der Waals surface area contributed by atoms with E-state index in [4.69, 9.17) is 9.47 Å². The Bertz CT molecular complexity index is 1000. The van der Waals surface area contributed by atoms with Gasteiger partial charge in [-0.2, -0.15) is 4.73 Å². The fourth-order valence-electron chi connectivity index (χ4n) is 5.14. The fraction of sp³-hybridized carbons (Fsp3) is 0.741. The molecule has 0 spiro atoms. The molecule has 9 heteroatoms. The molecular formula is C27H41NO7S. The van der Waals surface area contributed by atoms with E-state index in [0.29, 0.717) is 22.7 Å². The monoisotopic (exact) mass is 523 g/mol. The highest BCUT2D eigenvalue weighted by atomic mass is 32.1. The van der Waals surface area contributed by atoms with Crippen LogP contribution in [0.15, 0.2) is 11.0 Å². The van der Waals surface area contributed by atoms with Crippen LogP contribution in [0.3, 0.4) is 0 Å². The number of cyclic esters (lactones) is 1. The summed E-state index contributed by atoms with van der Waals surface area (Å²) in [7, 11) is 0. The lowest BCUT2D eigenvalue weighted by molar-refractivity contribution is -0.608. The number of rotatable bonds is 2. The highest BCUT2D eigenvalue weighted by Crippen LogP contribution is 2.45. The Kier molecular flexibility index (Phi) is 8.70. The first-order valence-electron chi connectivity index (χ1n) is 12.8. The SMILES string of the molecule is CC(=Cc1csc(C)[n+]1[O-])[C@@H]1C[C@@H]2O[C@]2(C)CCC[C@H](C)[C@H](O)[C@@H](C)C(=O)C(C)(C)[C@@H](O)CC(=O)O1. The Morgan fingerprint density at radius 1 is 1.25 bits per heavy atom. The van der Waals surface area contributed by atoms with Crippen LogP contribution < -0.4 is 4.73 Å². The van der Waals surface area contributed by atoms with Crippen LogP contribution in [0, 0.1) is 29.4 Å². The van der Waals surface area contributed by atoms with Gasteiger partial charge in [0.2, 0.25) is 10.7 Å². The molecule has 8 nitrogen and oxygen atoms in total. The van der Waals surface area contributed by atoms with Gasteiger partial charge in [-0.3, -0.25) is 9.59 Å². The van der Waals surface area contributed by atoms with E-state index >= 15 is 0 Å². The van der Waals surface area contributed by atoms with Gasteiger partial charge < -0.3 is 24.9 Å². The Morgan fingerprint density at radius 2 is 1.92 bits per heavy atom. The van der Waals surface area contributed by atoms with Gasteiger partial charge in [0.15, 0.2) is 0 Å². The van der Waals surface area contributed by atoms with Gasteiger partial charge in [-0.15, -0.1) is 0 Å². The van der Waals surface area contributed by atoms with Crippen molar-refractivity contribution in [1.29, 1.82) is 0 Å². The standard InChI is InChI=1S/C27H41NO7S/c1-15-9-8-10-27(7)22(35-27)12-20(16(2)11-19-14-36-18(4)28(19)33)34-23(30)13-21(29)26(5,6)25(32)17(3)24(15)31/h11,14-15,17,20-22,24,29,31H,8-10,12-13H2,1-7H3/t15-,17+,20-,21-,22-,24-,27+/m0/s1. The molecule has 3 heterocycles. The van der Waals surface area contributed by atoms with Crippen LogP contribution >= 0.6 is 11.3 Å². The average Bonchev–Trinajstić information content (AvgIpc) is 3.34. The molecule has 2 aliphatic heterocycles. The number of carbonyl (C=O) groups excluding carboxylic acids is 2. The van der Waals surface area contributed by atoms with Crippen LogP contribution in [0.1, 0.15) is 84.3 Å². The van der Waals surface area contributed by atoms with Crippen LogP contribution in [0.5, 0.6) is 0 Å². The molecule has 3 rings (SSSR count). The number of hydrogen-bond acceptors (Lipinski definition) is 8. The highest BCUT2D eigenvalue weighted by Gasteiger charge is 2.53. The Morgan fingerprint density at radius 3 is 2.53 bits per heavy atom.